The molecule has 2 amide bonds. The molecule has 3 aromatic carbocycles. The standard InChI is InChI=1S/C23H18N2O4.C3H9N.CH4/c1-29-21-15-16(12-13-20(21)26)14-19-22(27)24(17-8-4-2-5-9-17)25(23(19)28)18-10-6-3-7-11-18;1-4(2)3;/h2-15,26H,1H3;1-3H3;1H4/p-1. The number of anilines is 2. The van der Waals surface area contributed by atoms with Gasteiger partial charge in [-0.25, -0.2) is 10.0 Å². The van der Waals surface area contributed by atoms with E-state index in [1.54, 1.807) is 54.6 Å². The average Bonchev–Trinajstić information content (AvgIpc) is 3.05. The first kappa shape index (κ1) is 26.2. The van der Waals surface area contributed by atoms with E-state index < -0.39 is 11.8 Å². The first-order chi connectivity index (χ1) is 15.8. The van der Waals surface area contributed by atoms with Gasteiger partial charge in [0.1, 0.15) is 11.3 Å². The van der Waals surface area contributed by atoms with Gasteiger partial charge < -0.3 is 14.7 Å². The first-order valence-corrected chi connectivity index (χ1v) is 10.3. The summed E-state index contributed by atoms with van der Waals surface area (Å²) in [5.41, 5.74) is 1.68. The van der Waals surface area contributed by atoms with Crippen molar-refractivity contribution in [3.05, 3.63) is 90.0 Å². The normalized spacial score (nSPS) is 12.8. The zero-order valence-electron chi connectivity index (χ0n) is 19.1. The minimum atomic E-state index is -0.449. The van der Waals surface area contributed by atoms with Crippen LogP contribution in [0.2, 0.25) is 0 Å². The maximum absolute atomic E-state index is 13.2. The predicted octanol–water partition coefficient (Wildman–Crippen LogP) is 3.96. The Bertz CT molecular complexity index is 1080. The molecule has 1 heterocycles. The molecule has 1 aliphatic heterocycles. The van der Waals surface area contributed by atoms with Crippen molar-refractivity contribution in [2.45, 2.75) is 7.43 Å². The second-order valence-electron chi connectivity index (χ2n) is 7.71. The summed E-state index contributed by atoms with van der Waals surface area (Å²) in [6.45, 7) is 0. The van der Waals surface area contributed by atoms with Gasteiger partial charge in [0.15, 0.2) is 0 Å². The number of rotatable bonds is 4. The van der Waals surface area contributed by atoms with Gasteiger partial charge in [-0.15, -0.1) is 0 Å². The first-order valence-electron chi connectivity index (χ1n) is 10.3. The number of amides is 2. The van der Waals surface area contributed by atoms with Crippen LogP contribution in [0.4, 0.5) is 11.4 Å². The highest BCUT2D eigenvalue weighted by atomic mass is 16.5. The zero-order chi connectivity index (χ0) is 24.0. The Labute approximate surface area is 201 Å². The van der Waals surface area contributed by atoms with E-state index in [-0.39, 0.29) is 24.5 Å². The third-order valence-electron chi connectivity index (χ3n) is 4.55. The lowest BCUT2D eigenvalue weighted by molar-refractivity contribution is -0.270. The summed E-state index contributed by atoms with van der Waals surface area (Å²) in [6.07, 6.45) is 1.48. The molecule has 0 unspecified atom stereocenters. The number of carbonyl (C=O) groups is 2. The van der Waals surface area contributed by atoms with Crippen LogP contribution in [0.3, 0.4) is 0 Å². The lowest BCUT2D eigenvalue weighted by Gasteiger charge is -2.27. The summed E-state index contributed by atoms with van der Waals surface area (Å²) in [4.78, 5) is 28.5. The Morgan fingerprint density at radius 1 is 0.794 bits per heavy atom. The smallest absolute Gasteiger partial charge is 0.283 e. The minimum Gasteiger partial charge on any atom is -0.870 e. The number of benzene rings is 3. The summed E-state index contributed by atoms with van der Waals surface area (Å²) in [6, 6.07) is 22.3. The van der Waals surface area contributed by atoms with Crippen LogP contribution in [0.1, 0.15) is 13.0 Å². The summed E-state index contributed by atoms with van der Waals surface area (Å²) >= 11 is 0. The van der Waals surface area contributed by atoms with Crippen LogP contribution >= 0.6 is 0 Å². The van der Waals surface area contributed by atoms with Crippen molar-refractivity contribution in [1.29, 1.82) is 0 Å². The summed E-state index contributed by atoms with van der Waals surface area (Å²) in [7, 11) is 7.40. The van der Waals surface area contributed by atoms with Gasteiger partial charge in [0.2, 0.25) is 0 Å². The molecule has 7 nitrogen and oxygen atoms in total. The van der Waals surface area contributed by atoms with Crippen molar-refractivity contribution < 1.29 is 19.4 Å². The molecule has 178 valence electrons. The van der Waals surface area contributed by atoms with Crippen LogP contribution in [-0.2, 0) is 9.59 Å². The highest BCUT2D eigenvalue weighted by Crippen LogP contribution is 2.33. The average molecular weight is 461 g/mol. The second-order valence-corrected chi connectivity index (χ2v) is 7.71. The number of nitrogens with zero attached hydrogens (tertiary/aromatic N) is 3. The van der Waals surface area contributed by atoms with Gasteiger partial charge in [-0.3, -0.25) is 9.59 Å². The molecule has 0 aliphatic carbocycles. The monoisotopic (exact) mass is 460 g/mol. The number of methoxy groups -OCH3 is 1. The molecule has 7 heteroatoms. The molecule has 0 atom stereocenters. The zero-order valence-corrected chi connectivity index (χ0v) is 19.1. The Hall–Kier alpha value is -4.10. The van der Waals surface area contributed by atoms with E-state index in [9.17, 15) is 14.7 Å². The van der Waals surface area contributed by atoms with Crippen LogP contribution in [-0.4, -0.2) is 45.0 Å². The largest absolute Gasteiger partial charge is 0.870 e. The van der Waals surface area contributed by atoms with E-state index in [1.165, 1.54) is 35.3 Å². The van der Waals surface area contributed by atoms with Crippen LogP contribution in [0, 0.1) is 0 Å². The Morgan fingerprint density at radius 3 is 1.65 bits per heavy atom. The number of ether oxygens (including phenoxy) is 1. The van der Waals surface area contributed by atoms with E-state index in [4.69, 9.17) is 4.74 Å². The van der Waals surface area contributed by atoms with E-state index in [2.05, 4.69) is 0 Å². The van der Waals surface area contributed by atoms with E-state index in [0.29, 0.717) is 16.9 Å². The highest BCUT2D eigenvalue weighted by molar-refractivity contribution is 6.38. The van der Waals surface area contributed by atoms with E-state index >= 15 is 0 Å². The Kier molecular flexibility index (Phi) is 8.98. The molecule has 1 saturated heterocycles. The van der Waals surface area contributed by atoms with Crippen LogP contribution < -0.4 is 19.9 Å². The van der Waals surface area contributed by atoms with Crippen LogP contribution in [0.15, 0.2) is 84.4 Å². The van der Waals surface area contributed by atoms with Crippen molar-refractivity contribution in [3.63, 3.8) is 0 Å². The molecule has 4 rings (SSSR count). The summed E-state index contributed by atoms with van der Waals surface area (Å²) in [5, 5.41) is 14.4. The molecule has 1 aliphatic rings. The molecule has 0 N–H and O–H groups in total. The number of hydrogen-bond acceptors (Lipinski definition) is 5. The fraction of sp³-hybridized carbons (Fsp3) is 0.185. The summed E-state index contributed by atoms with van der Waals surface area (Å²) < 4.78 is 5.05. The molecule has 0 saturated carbocycles. The van der Waals surface area contributed by atoms with Gasteiger partial charge in [0.25, 0.3) is 11.8 Å². The lowest BCUT2D eigenvalue weighted by Crippen LogP contribution is -2.41. The van der Waals surface area contributed by atoms with Crippen LogP contribution in [0.25, 0.3) is 6.08 Å². The molecule has 0 spiro atoms. The molecule has 0 aromatic heterocycles. The fourth-order valence-electron chi connectivity index (χ4n) is 3.17. The van der Waals surface area contributed by atoms with E-state index in [1.807, 2.05) is 38.2 Å². The van der Waals surface area contributed by atoms with Crippen LogP contribution in [0.5, 0.6) is 11.5 Å². The number of hydrogen-bond donors (Lipinski definition) is 0. The van der Waals surface area contributed by atoms with Gasteiger partial charge in [0, 0.05) is 0 Å². The SMILES string of the molecule is C.CN(C)C.COc1cc(C=C2C(=O)N(c3ccccc3)N(c3ccccc3)C2=O)ccc1[O-]. The second kappa shape index (κ2) is 11.7. The predicted molar refractivity (Wildman–Crippen MR) is 135 cm³/mol. The molecule has 1 fully saturated rings. The van der Waals surface area contributed by atoms with E-state index in [0.717, 1.165) is 0 Å². The third kappa shape index (κ3) is 5.82. The Morgan fingerprint density at radius 2 is 1.24 bits per heavy atom. The van der Waals surface area contributed by atoms with Gasteiger partial charge in [0.05, 0.1) is 18.5 Å². The molecule has 0 radical (unpaired) electrons. The lowest BCUT2D eigenvalue weighted by atomic mass is 10.1. The molecule has 0 bridgehead atoms. The maximum Gasteiger partial charge on any atom is 0.283 e. The molecule has 3 aromatic rings. The quantitative estimate of drug-likeness (QED) is 0.435. The number of para-hydroxylation sites is 2. The van der Waals surface area contributed by atoms with Crippen molar-refractivity contribution >= 4 is 29.3 Å². The maximum atomic E-state index is 13.2. The van der Waals surface area contributed by atoms with Crippen molar-refractivity contribution in [2.24, 2.45) is 0 Å². The van der Waals surface area contributed by atoms with Crippen molar-refractivity contribution in [3.8, 4) is 11.5 Å². The number of carbonyl (C=O) groups excluding carboxylic acids is 2. The molecule has 34 heavy (non-hydrogen) atoms. The van der Waals surface area contributed by atoms with Crippen molar-refractivity contribution in [1.82, 2.24) is 4.90 Å². The highest BCUT2D eigenvalue weighted by Gasteiger charge is 2.42. The van der Waals surface area contributed by atoms with Gasteiger partial charge in [-0.05, 0) is 63.1 Å². The number of hydrazine groups is 1. The van der Waals surface area contributed by atoms with Gasteiger partial charge in [-0.1, -0.05) is 61.7 Å². The fourth-order valence-corrected chi connectivity index (χ4v) is 3.17. The summed E-state index contributed by atoms with van der Waals surface area (Å²) in [5.74, 6) is -1.02. The Balaban J connectivity index is 0.000000758. The minimum absolute atomic E-state index is 0. The third-order valence-corrected chi connectivity index (χ3v) is 4.55. The van der Waals surface area contributed by atoms with Gasteiger partial charge in [-0.2, -0.15) is 0 Å². The molecular weight excluding hydrogens is 430 g/mol. The molecular formula is C27H30N3O4-. The van der Waals surface area contributed by atoms with Gasteiger partial charge >= 0.3 is 0 Å². The van der Waals surface area contributed by atoms with Crippen molar-refractivity contribution in [2.75, 3.05) is 38.3 Å². The topological polar surface area (TPSA) is 76.2 Å².